The lowest BCUT2D eigenvalue weighted by molar-refractivity contribution is -0.119. The molecule has 1 aromatic heterocycles. The van der Waals surface area contributed by atoms with Crippen LogP contribution in [0.4, 0.5) is 5.00 Å². The van der Waals surface area contributed by atoms with Crippen molar-refractivity contribution in [1.82, 2.24) is 5.32 Å². The van der Waals surface area contributed by atoms with Gasteiger partial charge in [0.2, 0.25) is 0 Å². The summed E-state index contributed by atoms with van der Waals surface area (Å²) in [4.78, 5) is 12.6. The van der Waals surface area contributed by atoms with Gasteiger partial charge in [0.1, 0.15) is 17.7 Å². The van der Waals surface area contributed by atoms with E-state index in [-0.39, 0.29) is 12.5 Å². The summed E-state index contributed by atoms with van der Waals surface area (Å²) in [5.41, 5.74) is 1.68. The molecule has 2 N–H and O–H groups in total. The molecule has 0 saturated heterocycles. The average Bonchev–Trinajstić information content (AvgIpc) is 2.66. The predicted molar refractivity (Wildman–Crippen MR) is 65.0 cm³/mol. The maximum Gasteiger partial charge on any atom is 0.250 e. The van der Waals surface area contributed by atoms with Gasteiger partial charge >= 0.3 is 0 Å². The van der Waals surface area contributed by atoms with E-state index >= 15 is 0 Å². The van der Waals surface area contributed by atoms with Crippen molar-refractivity contribution in [1.29, 1.82) is 5.26 Å². The minimum Gasteiger partial charge on any atom is -0.375 e. The van der Waals surface area contributed by atoms with E-state index < -0.39 is 0 Å². The van der Waals surface area contributed by atoms with E-state index in [1.807, 2.05) is 0 Å². The van der Waals surface area contributed by atoms with Crippen molar-refractivity contribution in [2.24, 2.45) is 0 Å². The Morgan fingerprint density at radius 3 is 3.24 bits per heavy atom. The molecule has 0 radical (unpaired) electrons. The largest absolute Gasteiger partial charge is 0.375 e. The third-order valence-corrected chi connectivity index (χ3v) is 3.72. The number of fused-ring (bicyclic) bond motifs is 1. The van der Waals surface area contributed by atoms with Gasteiger partial charge in [-0.05, 0) is 18.5 Å². The van der Waals surface area contributed by atoms with E-state index in [9.17, 15) is 4.79 Å². The Morgan fingerprint density at radius 2 is 2.53 bits per heavy atom. The summed E-state index contributed by atoms with van der Waals surface area (Å²) in [5.74, 6) is -0.226. The molecular formula is C11H13N3O2S. The van der Waals surface area contributed by atoms with E-state index in [1.54, 1.807) is 0 Å². The van der Waals surface area contributed by atoms with Crippen LogP contribution in [0.25, 0.3) is 0 Å². The Balaban J connectivity index is 2.25. The number of hydrogen-bond donors (Lipinski definition) is 2. The van der Waals surface area contributed by atoms with Crippen LogP contribution in [0.15, 0.2) is 0 Å². The van der Waals surface area contributed by atoms with Gasteiger partial charge < -0.3 is 15.4 Å². The summed E-state index contributed by atoms with van der Waals surface area (Å²) >= 11 is 1.47. The highest BCUT2D eigenvalue weighted by Gasteiger charge is 2.21. The summed E-state index contributed by atoms with van der Waals surface area (Å²) in [6.07, 6.45) is 0.842. The van der Waals surface area contributed by atoms with Crippen LogP contribution in [0.1, 0.15) is 16.0 Å². The number of amides is 1. The minimum atomic E-state index is -0.226. The van der Waals surface area contributed by atoms with Crippen molar-refractivity contribution in [2.75, 3.05) is 25.6 Å². The first-order chi connectivity index (χ1) is 8.26. The van der Waals surface area contributed by atoms with Crippen LogP contribution in [0.2, 0.25) is 0 Å². The second-order valence-electron chi connectivity index (χ2n) is 3.73. The zero-order chi connectivity index (χ0) is 12.3. The van der Waals surface area contributed by atoms with Crippen molar-refractivity contribution >= 4 is 22.2 Å². The first-order valence-corrected chi connectivity index (χ1v) is 6.12. The Labute approximate surface area is 103 Å². The highest BCUT2D eigenvalue weighted by atomic mass is 32.1. The fraction of sp³-hybridized carbons (Fsp3) is 0.455. The molecule has 0 aromatic carbocycles. The summed E-state index contributed by atoms with van der Waals surface area (Å²) in [6, 6.07) is 2.18. The number of carbonyl (C=O) groups is 1. The Hall–Kier alpha value is -1.42. The first-order valence-electron chi connectivity index (χ1n) is 5.30. The number of nitrogens with one attached hydrogen (secondary N) is 2. The van der Waals surface area contributed by atoms with Crippen molar-refractivity contribution in [2.45, 2.75) is 13.0 Å². The number of carbonyl (C=O) groups excluding carboxylic acids is 1. The number of thiophene rings is 1. The molecule has 0 atom stereocenters. The van der Waals surface area contributed by atoms with Gasteiger partial charge in [0.05, 0.1) is 5.56 Å². The normalized spacial score (nSPS) is 13.9. The van der Waals surface area contributed by atoms with Crippen LogP contribution in [0, 0.1) is 11.3 Å². The van der Waals surface area contributed by atoms with Gasteiger partial charge in [0.25, 0.3) is 5.91 Å². The van der Waals surface area contributed by atoms with Gasteiger partial charge in [-0.15, -0.1) is 11.3 Å². The van der Waals surface area contributed by atoms with Crippen molar-refractivity contribution in [3.63, 3.8) is 0 Å². The van der Waals surface area contributed by atoms with E-state index in [0.717, 1.165) is 30.0 Å². The minimum absolute atomic E-state index is 0.00564. The summed E-state index contributed by atoms with van der Waals surface area (Å²) in [7, 11) is 1.47. The highest BCUT2D eigenvalue weighted by molar-refractivity contribution is 7.16. The van der Waals surface area contributed by atoms with Crippen molar-refractivity contribution in [3.8, 4) is 6.07 Å². The van der Waals surface area contributed by atoms with E-state index in [1.165, 1.54) is 18.4 Å². The molecular weight excluding hydrogens is 238 g/mol. The lowest BCUT2D eigenvalue weighted by atomic mass is 10.1. The molecule has 2 rings (SSSR count). The quantitative estimate of drug-likeness (QED) is 0.835. The monoisotopic (exact) mass is 251 g/mol. The second kappa shape index (κ2) is 5.27. The molecule has 6 heteroatoms. The third kappa shape index (κ3) is 2.47. The van der Waals surface area contributed by atoms with Gasteiger partial charge in [-0.25, -0.2) is 0 Å². The van der Waals surface area contributed by atoms with Crippen LogP contribution < -0.4 is 10.6 Å². The van der Waals surface area contributed by atoms with Gasteiger partial charge in [0, 0.05) is 18.5 Å². The van der Waals surface area contributed by atoms with Gasteiger partial charge in [-0.2, -0.15) is 5.26 Å². The molecule has 0 unspecified atom stereocenters. The van der Waals surface area contributed by atoms with Crippen LogP contribution in [0.5, 0.6) is 0 Å². The fourth-order valence-corrected chi connectivity index (χ4v) is 3.02. The van der Waals surface area contributed by atoms with Crippen LogP contribution in [-0.2, 0) is 22.5 Å². The summed E-state index contributed by atoms with van der Waals surface area (Å²) in [6.45, 7) is 1.66. The average molecular weight is 251 g/mol. The fourth-order valence-electron chi connectivity index (χ4n) is 1.83. The number of methoxy groups -OCH3 is 1. The number of nitrogens with zero attached hydrogens (tertiary/aromatic N) is 1. The summed E-state index contributed by atoms with van der Waals surface area (Å²) < 4.78 is 4.75. The number of ether oxygens (including phenoxy) is 1. The molecule has 1 aliphatic rings. The molecule has 0 fully saturated rings. The van der Waals surface area contributed by atoms with Crippen molar-refractivity contribution < 1.29 is 9.53 Å². The molecule has 0 bridgehead atoms. The smallest absolute Gasteiger partial charge is 0.250 e. The number of rotatable bonds is 3. The third-order valence-electron chi connectivity index (χ3n) is 2.57. The number of hydrogen-bond acceptors (Lipinski definition) is 5. The maximum atomic E-state index is 11.4. The molecule has 2 heterocycles. The Morgan fingerprint density at radius 1 is 1.71 bits per heavy atom. The second-order valence-corrected chi connectivity index (χ2v) is 4.83. The van der Waals surface area contributed by atoms with Crippen molar-refractivity contribution in [3.05, 3.63) is 16.0 Å². The number of anilines is 1. The molecule has 0 spiro atoms. The lowest BCUT2D eigenvalue weighted by Gasteiger charge is -2.11. The van der Waals surface area contributed by atoms with E-state index in [2.05, 4.69) is 16.7 Å². The number of nitriles is 1. The molecule has 90 valence electrons. The van der Waals surface area contributed by atoms with Crippen LogP contribution >= 0.6 is 11.3 Å². The Bertz CT molecular complexity index is 476. The van der Waals surface area contributed by atoms with Gasteiger partial charge in [-0.1, -0.05) is 0 Å². The Kier molecular flexibility index (Phi) is 3.74. The molecule has 1 aliphatic heterocycles. The lowest BCUT2D eigenvalue weighted by Crippen LogP contribution is -2.22. The van der Waals surface area contributed by atoms with Crippen LogP contribution in [-0.4, -0.2) is 26.2 Å². The highest BCUT2D eigenvalue weighted by Crippen LogP contribution is 2.34. The van der Waals surface area contributed by atoms with Gasteiger partial charge in [0.15, 0.2) is 0 Å². The zero-order valence-corrected chi connectivity index (χ0v) is 10.3. The topological polar surface area (TPSA) is 74.1 Å². The maximum absolute atomic E-state index is 11.4. The molecule has 17 heavy (non-hydrogen) atoms. The SMILES string of the molecule is COCC(=O)Nc1sc2c(c1C#N)CCNC2. The van der Waals surface area contributed by atoms with Gasteiger partial charge in [-0.3, -0.25) is 4.79 Å². The van der Waals surface area contributed by atoms with Crippen LogP contribution in [0.3, 0.4) is 0 Å². The predicted octanol–water partition coefficient (Wildman–Crippen LogP) is 0.850. The molecule has 0 aliphatic carbocycles. The zero-order valence-electron chi connectivity index (χ0n) is 9.50. The molecule has 1 aromatic rings. The van der Waals surface area contributed by atoms with E-state index in [0.29, 0.717) is 10.6 Å². The summed E-state index contributed by atoms with van der Waals surface area (Å²) in [5, 5.41) is 15.8. The molecule has 5 nitrogen and oxygen atoms in total. The molecule has 0 saturated carbocycles. The van der Waals surface area contributed by atoms with E-state index in [4.69, 9.17) is 10.00 Å². The standard InChI is InChI=1S/C11H13N3O2S/c1-16-6-10(15)14-11-8(4-12)7-2-3-13-5-9(7)17-11/h13H,2-3,5-6H2,1H3,(H,14,15). The first kappa shape index (κ1) is 12.0. The molecule has 1 amide bonds.